The molecule has 2 aliphatic rings. The van der Waals surface area contributed by atoms with Crippen molar-refractivity contribution in [2.24, 2.45) is 0 Å². The third-order valence-electron chi connectivity index (χ3n) is 6.16. The minimum absolute atomic E-state index is 0.0435. The van der Waals surface area contributed by atoms with Crippen molar-refractivity contribution in [1.82, 2.24) is 14.1 Å². The summed E-state index contributed by atoms with van der Waals surface area (Å²) in [5, 5.41) is 0. The molecule has 1 fully saturated rings. The highest BCUT2D eigenvalue weighted by Gasteiger charge is 2.43. The van der Waals surface area contributed by atoms with Crippen LogP contribution in [0.3, 0.4) is 0 Å². The van der Waals surface area contributed by atoms with E-state index in [1.807, 2.05) is 36.4 Å². The van der Waals surface area contributed by atoms with E-state index in [4.69, 9.17) is 0 Å². The number of carbonyl (C=O) groups excluding carboxylic acids is 1. The lowest BCUT2D eigenvalue weighted by Crippen LogP contribution is -2.48. The predicted molar refractivity (Wildman–Crippen MR) is 122 cm³/mol. The van der Waals surface area contributed by atoms with E-state index in [1.165, 1.54) is 16.4 Å². The Morgan fingerprint density at radius 3 is 2.32 bits per heavy atom. The maximum absolute atomic E-state index is 13.2. The number of hydrogen-bond donors (Lipinski definition) is 0. The van der Waals surface area contributed by atoms with Gasteiger partial charge in [-0.15, -0.1) is 0 Å². The van der Waals surface area contributed by atoms with Crippen molar-refractivity contribution in [1.29, 1.82) is 0 Å². The van der Waals surface area contributed by atoms with Crippen LogP contribution in [0.4, 0.5) is 13.2 Å². The van der Waals surface area contributed by atoms with Crippen molar-refractivity contribution in [3.63, 3.8) is 0 Å². The van der Waals surface area contributed by atoms with Crippen LogP contribution >= 0.6 is 0 Å². The fourth-order valence-corrected chi connectivity index (χ4v) is 5.72. The molecule has 0 spiro atoms. The second kappa shape index (κ2) is 9.89. The maximum atomic E-state index is 13.2. The number of alkyl halides is 3. The number of carbonyl (C=O) groups is 1. The summed E-state index contributed by atoms with van der Waals surface area (Å²) in [5.41, 5.74) is 2.31. The lowest BCUT2D eigenvalue weighted by molar-refractivity contribution is -0.186. The summed E-state index contributed by atoms with van der Waals surface area (Å²) in [7, 11) is -3.79. The van der Waals surface area contributed by atoms with E-state index in [-0.39, 0.29) is 24.4 Å². The lowest BCUT2D eigenvalue weighted by Gasteiger charge is -2.34. The van der Waals surface area contributed by atoms with Gasteiger partial charge in [0.15, 0.2) is 0 Å². The number of rotatable bonds is 5. The number of nitrogens with zero attached hydrogens (tertiary/aromatic N) is 3. The number of halogens is 3. The zero-order chi connectivity index (χ0) is 24.3. The van der Waals surface area contributed by atoms with E-state index >= 15 is 0 Å². The molecule has 2 heterocycles. The fourth-order valence-electron chi connectivity index (χ4n) is 4.25. The molecule has 0 N–H and O–H groups in total. The highest BCUT2D eigenvalue weighted by molar-refractivity contribution is 7.89. The van der Waals surface area contributed by atoms with Gasteiger partial charge in [0.05, 0.1) is 4.90 Å². The largest absolute Gasteiger partial charge is 0.471 e. The van der Waals surface area contributed by atoms with Crippen LogP contribution in [-0.2, 0) is 27.8 Å². The van der Waals surface area contributed by atoms with Crippen LogP contribution in [0.5, 0.6) is 0 Å². The van der Waals surface area contributed by atoms with Gasteiger partial charge in [-0.2, -0.15) is 17.5 Å². The number of benzene rings is 2. The van der Waals surface area contributed by atoms with Gasteiger partial charge >= 0.3 is 12.1 Å². The van der Waals surface area contributed by atoms with E-state index < -0.39 is 22.1 Å². The molecular weight excluding hydrogens is 467 g/mol. The van der Waals surface area contributed by atoms with E-state index in [0.717, 1.165) is 16.0 Å². The molecule has 10 heteroatoms. The molecule has 2 aromatic rings. The summed E-state index contributed by atoms with van der Waals surface area (Å²) in [6.45, 7) is 2.24. The van der Waals surface area contributed by atoms with Crippen molar-refractivity contribution in [2.45, 2.75) is 24.0 Å². The number of hydrogen-bond acceptors (Lipinski definition) is 4. The third-order valence-corrected chi connectivity index (χ3v) is 8.06. The number of piperazine rings is 1. The number of fused-ring (bicyclic) bond motifs is 1. The summed E-state index contributed by atoms with van der Waals surface area (Å²) in [6, 6.07) is 14.5. The Labute approximate surface area is 197 Å². The van der Waals surface area contributed by atoms with Gasteiger partial charge in [0.2, 0.25) is 10.0 Å². The minimum Gasteiger partial charge on any atom is -0.330 e. The van der Waals surface area contributed by atoms with E-state index in [2.05, 4.69) is 11.0 Å². The Bertz CT molecular complexity index is 1160. The van der Waals surface area contributed by atoms with Gasteiger partial charge in [-0.25, -0.2) is 8.42 Å². The summed E-state index contributed by atoms with van der Waals surface area (Å²) in [4.78, 5) is 14.5. The standard InChI is InChI=1S/C24H26F3N3O3S/c25-24(26,27)23(31)29-12-10-20-8-9-22(17-21(20)18-29)34(32,33)30-15-13-28(14-16-30)11-4-7-19-5-2-1-3-6-19/h1-9,17H,10-16,18H2/b7-4+. The smallest absolute Gasteiger partial charge is 0.330 e. The van der Waals surface area contributed by atoms with Gasteiger partial charge in [0.1, 0.15) is 0 Å². The molecule has 0 saturated carbocycles. The Kier molecular flexibility index (Phi) is 7.11. The van der Waals surface area contributed by atoms with Crippen molar-refractivity contribution >= 4 is 22.0 Å². The van der Waals surface area contributed by atoms with Gasteiger partial charge in [0, 0.05) is 45.8 Å². The first-order valence-corrected chi connectivity index (χ1v) is 12.5. The zero-order valence-corrected chi connectivity index (χ0v) is 19.4. The molecule has 1 amide bonds. The van der Waals surface area contributed by atoms with Crippen LogP contribution in [0.2, 0.25) is 0 Å². The topological polar surface area (TPSA) is 60.9 Å². The summed E-state index contributed by atoms with van der Waals surface area (Å²) < 4.78 is 66.2. The van der Waals surface area contributed by atoms with Crippen LogP contribution in [0.25, 0.3) is 6.08 Å². The predicted octanol–water partition coefficient (Wildman–Crippen LogP) is 3.15. The van der Waals surface area contributed by atoms with Gasteiger partial charge in [0.25, 0.3) is 0 Å². The second-order valence-corrected chi connectivity index (χ2v) is 10.4. The van der Waals surface area contributed by atoms with E-state index in [9.17, 15) is 26.4 Å². The normalized spacial score (nSPS) is 18.3. The molecule has 1 saturated heterocycles. The molecule has 0 atom stereocenters. The Hall–Kier alpha value is -2.69. The van der Waals surface area contributed by atoms with E-state index in [0.29, 0.717) is 38.3 Å². The third kappa shape index (κ3) is 5.51. The molecule has 2 aromatic carbocycles. The molecule has 0 aromatic heterocycles. The highest BCUT2D eigenvalue weighted by atomic mass is 32.2. The van der Waals surface area contributed by atoms with Crippen molar-refractivity contribution in [2.75, 3.05) is 39.3 Å². The van der Waals surface area contributed by atoms with Crippen molar-refractivity contribution in [3.05, 3.63) is 71.3 Å². The average molecular weight is 494 g/mol. The van der Waals surface area contributed by atoms with Crippen molar-refractivity contribution in [3.8, 4) is 0 Å². The first-order chi connectivity index (χ1) is 16.1. The monoisotopic (exact) mass is 493 g/mol. The quantitative estimate of drug-likeness (QED) is 0.642. The lowest BCUT2D eigenvalue weighted by atomic mass is 10.00. The van der Waals surface area contributed by atoms with Gasteiger partial charge < -0.3 is 4.90 Å². The van der Waals surface area contributed by atoms with E-state index in [1.54, 1.807) is 6.07 Å². The summed E-state index contributed by atoms with van der Waals surface area (Å²) in [5.74, 6) is -1.90. The molecule has 0 bridgehead atoms. The first-order valence-electron chi connectivity index (χ1n) is 11.1. The van der Waals surface area contributed by atoms with Crippen LogP contribution in [0.1, 0.15) is 16.7 Å². The second-order valence-electron chi connectivity index (χ2n) is 8.42. The SMILES string of the molecule is O=C(N1CCc2ccc(S(=O)(=O)N3CCN(C/C=C/c4ccccc4)CC3)cc2C1)C(F)(F)F. The molecule has 4 rings (SSSR count). The van der Waals surface area contributed by atoms with Crippen LogP contribution in [0, 0.1) is 0 Å². The number of sulfonamides is 1. The minimum atomic E-state index is -4.95. The molecule has 2 aliphatic heterocycles. The number of amides is 1. The maximum Gasteiger partial charge on any atom is 0.471 e. The zero-order valence-electron chi connectivity index (χ0n) is 18.5. The van der Waals surface area contributed by atoms with Gasteiger partial charge in [-0.1, -0.05) is 48.6 Å². The molecule has 34 heavy (non-hydrogen) atoms. The molecule has 0 unspecified atom stereocenters. The van der Waals surface area contributed by atoms with Crippen LogP contribution in [-0.4, -0.2) is 73.9 Å². The average Bonchev–Trinajstić information content (AvgIpc) is 2.83. The van der Waals surface area contributed by atoms with Crippen LogP contribution < -0.4 is 0 Å². The van der Waals surface area contributed by atoms with Gasteiger partial charge in [-0.3, -0.25) is 9.69 Å². The Morgan fingerprint density at radius 1 is 0.941 bits per heavy atom. The Morgan fingerprint density at radius 2 is 1.65 bits per heavy atom. The van der Waals surface area contributed by atoms with Crippen LogP contribution in [0.15, 0.2) is 59.5 Å². The van der Waals surface area contributed by atoms with Crippen molar-refractivity contribution < 1.29 is 26.4 Å². The molecule has 0 radical (unpaired) electrons. The highest BCUT2D eigenvalue weighted by Crippen LogP contribution is 2.28. The Balaban J connectivity index is 1.38. The molecule has 6 nitrogen and oxygen atoms in total. The van der Waals surface area contributed by atoms with Gasteiger partial charge in [-0.05, 0) is 35.2 Å². The summed E-state index contributed by atoms with van der Waals surface area (Å²) >= 11 is 0. The first kappa shape index (κ1) is 24.4. The molecule has 0 aliphatic carbocycles. The molecule has 182 valence electrons. The fraction of sp³-hybridized carbons (Fsp3) is 0.375. The summed E-state index contributed by atoms with van der Waals surface area (Å²) in [6.07, 6.45) is -0.607. The molecular formula is C24H26F3N3O3S.